The van der Waals surface area contributed by atoms with Crippen molar-refractivity contribution in [2.75, 3.05) is 12.8 Å². The summed E-state index contributed by atoms with van der Waals surface area (Å²) in [4.78, 5) is 28.3. The van der Waals surface area contributed by atoms with Crippen molar-refractivity contribution in [2.45, 2.75) is 13.8 Å². The number of carbonyl (C=O) groups is 2. The number of aryl methyl sites for hydroxylation is 1. The number of hydrogen-bond acceptors (Lipinski definition) is 7. The molecule has 2 aromatic heterocycles. The summed E-state index contributed by atoms with van der Waals surface area (Å²) < 4.78 is 5.17. The normalized spacial score (nSPS) is 10.4. The zero-order chi connectivity index (χ0) is 18.3. The molecule has 2 N–H and O–H groups in total. The first kappa shape index (κ1) is 20.4. The minimum atomic E-state index is -1.36. The number of aromatic carboxylic acids is 1. The quantitative estimate of drug-likeness (QED) is 0.482. The summed E-state index contributed by atoms with van der Waals surface area (Å²) in [5.41, 5.74) is 8.40. The number of rotatable bonds is 4. The monoisotopic (exact) mass is 378 g/mol. The Hall–Kier alpha value is -1.93. The molecule has 0 saturated heterocycles. The SMILES string of the molecule is COc1ccc(-c2c(C(C)=O)c(C)nc3sc(C(=O)[O-])c(N)c23)cc1.[Na+]. The molecule has 0 saturated carbocycles. The molecule has 128 valence electrons. The van der Waals surface area contributed by atoms with Gasteiger partial charge in [-0.15, -0.1) is 11.3 Å². The standard InChI is InChI=1S/C18H16N2O4S.Na/c1-8-12(9(2)21)13(10-4-6-11(24-3)7-5-10)14-15(19)16(18(22)23)25-17(14)20-8;/h4-7H,19H2,1-3H3,(H,22,23);/q;+1/p-1. The van der Waals surface area contributed by atoms with E-state index in [9.17, 15) is 14.7 Å². The molecular weight excluding hydrogens is 363 g/mol. The van der Waals surface area contributed by atoms with Crippen LogP contribution in [-0.4, -0.2) is 23.8 Å². The smallest absolute Gasteiger partial charge is 0.544 e. The number of hydrogen-bond donors (Lipinski definition) is 1. The number of ether oxygens (including phenoxy) is 1. The van der Waals surface area contributed by atoms with Gasteiger partial charge in [-0.25, -0.2) is 4.98 Å². The van der Waals surface area contributed by atoms with Crippen molar-refractivity contribution < 1.29 is 49.0 Å². The Balaban J connectivity index is 0.00000243. The number of nitrogen functional groups attached to an aromatic ring is 1. The van der Waals surface area contributed by atoms with Gasteiger partial charge >= 0.3 is 29.6 Å². The molecule has 1 aromatic carbocycles. The van der Waals surface area contributed by atoms with Crippen molar-refractivity contribution >= 4 is 39.0 Å². The Bertz CT molecular complexity index is 1010. The number of nitrogens with zero attached hydrogens (tertiary/aromatic N) is 1. The minimum Gasteiger partial charge on any atom is -0.544 e. The third-order valence-corrected chi connectivity index (χ3v) is 5.05. The second kappa shape index (κ2) is 7.75. The van der Waals surface area contributed by atoms with Crippen LogP contribution < -0.4 is 45.1 Å². The van der Waals surface area contributed by atoms with Gasteiger partial charge in [0.05, 0.1) is 29.3 Å². The number of anilines is 1. The first-order valence-electron chi connectivity index (χ1n) is 7.44. The van der Waals surface area contributed by atoms with E-state index >= 15 is 0 Å². The van der Waals surface area contributed by atoms with Gasteiger partial charge in [0.25, 0.3) is 0 Å². The molecule has 0 fully saturated rings. The number of carboxylic acids is 1. The van der Waals surface area contributed by atoms with Crippen LogP contribution in [0.4, 0.5) is 5.69 Å². The average Bonchev–Trinajstić information content (AvgIpc) is 2.90. The van der Waals surface area contributed by atoms with Crippen LogP contribution in [0.1, 0.15) is 32.6 Å². The predicted octanol–water partition coefficient (Wildman–Crippen LogP) is -0.567. The second-order valence-corrected chi connectivity index (χ2v) is 6.54. The van der Waals surface area contributed by atoms with Gasteiger partial charge < -0.3 is 20.4 Å². The van der Waals surface area contributed by atoms with E-state index in [-0.39, 0.29) is 45.9 Å². The Morgan fingerprint density at radius 1 is 1.23 bits per heavy atom. The summed E-state index contributed by atoms with van der Waals surface area (Å²) in [7, 11) is 1.56. The number of methoxy groups -OCH3 is 1. The molecule has 0 radical (unpaired) electrons. The zero-order valence-electron chi connectivity index (χ0n) is 14.9. The van der Waals surface area contributed by atoms with E-state index in [2.05, 4.69) is 4.98 Å². The number of ketones is 1. The maximum atomic E-state index is 12.2. The molecule has 0 atom stereocenters. The molecule has 0 aliphatic heterocycles. The molecule has 3 rings (SSSR count). The van der Waals surface area contributed by atoms with Crippen molar-refractivity contribution in [3.05, 3.63) is 40.4 Å². The van der Waals surface area contributed by atoms with Crippen LogP contribution in [0.3, 0.4) is 0 Å². The predicted molar refractivity (Wildman–Crippen MR) is 95.1 cm³/mol. The Labute approximate surface area is 176 Å². The molecule has 0 aliphatic rings. The first-order valence-corrected chi connectivity index (χ1v) is 8.26. The van der Waals surface area contributed by atoms with Crippen LogP contribution in [0.15, 0.2) is 24.3 Å². The largest absolute Gasteiger partial charge is 1.00 e. The number of nitrogens with two attached hydrogens (primary N) is 1. The van der Waals surface area contributed by atoms with E-state index in [1.54, 1.807) is 38.3 Å². The van der Waals surface area contributed by atoms with E-state index in [1.165, 1.54) is 6.92 Å². The molecule has 0 amide bonds. The first-order chi connectivity index (χ1) is 11.8. The van der Waals surface area contributed by atoms with Gasteiger partial charge in [0, 0.05) is 16.5 Å². The van der Waals surface area contributed by atoms with E-state index in [1.807, 2.05) is 0 Å². The molecule has 2 heterocycles. The number of carboxylic acid groups (broad SMARTS) is 1. The van der Waals surface area contributed by atoms with Gasteiger partial charge in [-0.05, 0) is 31.5 Å². The number of carbonyl (C=O) groups excluding carboxylic acids is 2. The van der Waals surface area contributed by atoms with E-state index in [0.29, 0.717) is 32.8 Å². The van der Waals surface area contributed by atoms with E-state index in [0.717, 1.165) is 16.9 Å². The van der Waals surface area contributed by atoms with Crippen LogP contribution in [0, 0.1) is 6.92 Å². The van der Waals surface area contributed by atoms with Crippen LogP contribution in [0.25, 0.3) is 21.3 Å². The number of aromatic nitrogens is 1. The minimum absolute atomic E-state index is 0. The van der Waals surface area contributed by atoms with Gasteiger partial charge in [-0.2, -0.15) is 0 Å². The zero-order valence-corrected chi connectivity index (χ0v) is 17.7. The van der Waals surface area contributed by atoms with Crippen molar-refractivity contribution in [3.63, 3.8) is 0 Å². The number of pyridine rings is 1. The molecule has 6 nitrogen and oxygen atoms in total. The van der Waals surface area contributed by atoms with Gasteiger partial charge in [-0.1, -0.05) is 12.1 Å². The van der Waals surface area contributed by atoms with Crippen molar-refractivity contribution in [2.24, 2.45) is 0 Å². The Morgan fingerprint density at radius 2 is 1.85 bits per heavy atom. The Morgan fingerprint density at radius 3 is 2.35 bits per heavy atom. The summed E-state index contributed by atoms with van der Waals surface area (Å²) in [6.45, 7) is 3.17. The summed E-state index contributed by atoms with van der Waals surface area (Å²) in [5, 5.41) is 11.8. The summed E-state index contributed by atoms with van der Waals surface area (Å²) in [5.74, 6) is -0.856. The van der Waals surface area contributed by atoms with Crippen molar-refractivity contribution in [1.29, 1.82) is 0 Å². The fourth-order valence-electron chi connectivity index (χ4n) is 2.89. The Kier molecular flexibility index (Phi) is 6.08. The van der Waals surface area contributed by atoms with Crippen LogP contribution in [0.2, 0.25) is 0 Å². The van der Waals surface area contributed by atoms with Gasteiger partial charge in [0.1, 0.15) is 10.6 Å². The summed E-state index contributed by atoms with van der Waals surface area (Å²) in [6.07, 6.45) is 0. The number of Topliss-reactive ketones (excluding diaryl/α,β-unsaturated/α-hetero) is 1. The molecular formula is C18H15N2NaO4S. The topological polar surface area (TPSA) is 105 Å². The molecule has 3 aromatic rings. The average molecular weight is 378 g/mol. The van der Waals surface area contributed by atoms with Crippen LogP contribution >= 0.6 is 11.3 Å². The number of thiophene rings is 1. The van der Waals surface area contributed by atoms with Gasteiger partial charge in [0.2, 0.25) is 0 Å². The molecule has 26 heavy (non-hydrogen) atoms. The molecule has 8 heteroatoms. The van der Waals surface area contributed by atoms with Gasteiger partial charge in [-0.3, -0.25) is 4.79 Å². The summed E-state index contributed by atoms with van der Waals surface area (Å²) >= 11 is 0.949. The number of benzene rings is 1. The second-order valence-electron chi connectivity index (χ2n) is 5.54. The fraction of sp³-hybridized carbons (Fsp3) is 0.167. The maximum absolute atomic E-state index is 12.2. The van der Waals surface area contributed by atoms with E-state index < -0.39 is 5.97 Å². The van der Waals surface area contributed by atoms with Crippen LogP contribution in [0.5, 0.6) is 5.75 Å². The third kappa shape index (κ3) is 3.35. The third-order valence-electron chi connectivity index (χ3n) is 3.97. The molecule has 0 spiro atoms. The van der Waals surface area contributed by atoms with Crippen molar-refractivity contribution in [1.82, 2.24) is 4.98 Å². The molecule has 0 bridgehead atoms. The summed E-state index contributed by atoms with van der Waals surface area (Å²) in [6, 6.07) is 7.14. The fourth-order valence-corrected chi connectivity index (χ4v) is 3.88. The molecule has 0 unspecified atom stereocenters. The maximum Gasteiger partial charge on any atom is 1.00 e. The molecule has 0 aliphatic carbocycles. The van der Waals surface area contributed by atoms with Crippen LogP contribution in [-0.2, 0) is 0 Å². The number of fused-ring (bicyclic) bond motifs is 1. The van der Waals surface area contributed by atoms with Crippen molar-refractivity contribution in [3.8, 4) is 16.9 Å². The van der Waals surface area contributed by atoms with Gasteiger partial charge in [0.15, 0.2) is 5.78 Å². The van der Waals surface area contributed by atoms with E-state index in [4.69, 9.17) is 10.5 Å².